The monoisotopic (exact) mass is 617 g/mol. The van der Waals surface area contributed by atoms with Crippen molar-refractivity contribution in [3.8, 4) is 5.75 Å². The first kappa shape index (κ1) is 18.5. The van der Waals surface area contributed by atoms with Crippen LogP contribution in [0.3, 0.4) is 0 Å². The maximum Gasteiger partial charge on any atom is 0.251 e. The lowest BCUT2D eigenvalue weighted by atomic mass is 10.1. The highest BCUT2D eigenvalue weighted by atomic mass is 127. The van der Waals surface area contributed by atoms with Crippen LogP contribution >= 0.6 is 45.2 Å². The minimum absolute atomic E-state index is 0.0709. The molecule has 0 atom stereocenters. The number of nitrogens with zero attached hydrogens (tertiary/aromatic N) is 3. The van der Waals surface area contributed by atoms with Crippen LogP contribution in [0.5, 0.6) is 5.75 Å². The first-order valence-corrected chi connectivity index (χ1v) is 11.6. The van der Waals surface area contributed by atoms with E-state index in [9.17, 15) is 4.79 Å². The Bertz CT molecular complexity index is 1580. The quantitative estimate of drug-likeness (QED) is 0.176. The minimum Gasteiger partial charge on any atom is -0.484 e. The van der Waals surface area contributed by atoms with E-state index in [1.807, 2.05) is 18.2 Å². The third-order valence-corrected chi connectivity index (χ3v) is 7.17. The van der Waals surface area contributed by atoms with E-state index in [0.29, 0.717) is 13.2 Å². The molecule has 5 aromatic rings. The van der Waals surface area contributed by atoms with E-state index < -0.39 is 0 Å². The van der Waals surface area contributed by atoms with Crippen molar-refractivity contribution in [2.45, 2.75) is 13.2 Å². The van der Waals surface area contributed by atoms with Gasteiger partial charge in [0.15, 0.2) is 5.75 Å². The number of ether oxygens (including phenoxy) is 1. The van der Waals surface area contributed by atoms with Crippen molar-refractivity contribution >= 4 is 77.9 Å². The lowest BCUT2D eigenvalue weighted by molar-refractivity contribution is 0.296. The highest BCUT2D eigenvalue weighted by molar-refractivity contribution is 14.1. The highest BCUT2D eigenvalue weighted by Crippen LogP contribution is 2.36. The van der Waals surface area contributed by atoms with Crippen molar-refractivity contribution in [3.63, 3.8) is 0 Å². The molecule has 6 rings (SSSR count). The number of hydrogen-bond donors (Lipinski definition) is 0. The van der Waals surface area contributed by atoms with Crippen LogP contribution in [0.2, 0.25) is 0 Å². The Morgan fingerprint density at radius 3 is 2.30 bits per heavy atom. The SMILES string of the molecule is O=c1ccc2c(I)cc(I)c3c2n1Cc1nc2cc4ccccc4cc2nc1CO3. The molecule has 3 aromatic carbocycles. The van der Waals surface area contributed by atoms with Gasteiger partial charge in [-0.25, -0.2) is 9.97 Å². The van der Waals surface area contributed by atoms with Gasteiger partial charge in [0.25, 0.3) is 5.56 Å². The number of fused-ring (bicyclic) bond motifs is 3. The van der Waals surface area contributed by atoms with Gasteiger partial charge >= 0.3 is 0 Å². The van der Waals surface area contributed by atoms with Crippen LogP contribution in [0.1, 0.15) is 11.4 Å². The van der Waals surface area contributed by atoms with Crippen molar-refractivity contribution in [1.82, 2.24) is 14.5 Å². The zero-order valence-corrected chi connectivity index (χ0v) is 19.8. The molecule has 0 aliphatic carbocycles. The van der Waals surface area contributed by atoms with Crippen LogP contribution in [0, 0.1) is 7.14 Å². The van der Waals surface area contributed by atoms with Gasteiger partial charge < -0.3 is 4.74 Å². The van der Waals surface area contributed by atoms with Gasteiger partial charge in [-0.3, -0.25) is 9.36 Å². The molecule has 0 saturated heterocycles. The van der Waals surface area contributed by atoms with E-state index in [-0.39, 0.29) is 5.56 Å². The van der Waals surface area contributed by atoms with Gasteiger partial charge in [-0.15, -0.1) is 0 Å². The summed E-state index contributed by atoms with van der Waals surface area (Å²) in [5.41, 5.74) is 3.95. The molecule has 1 aliphatic rings. The molecule has 1 aliphatic heterocycles. The van der Waals surface area contributed by atoms with Crippen LogP contribution < -0.4 is 10.3 Å². The van der Waals surface area contributed by atoms with Gasteiger partial charge in [-0.1, -0.05) is 24.3 Å². The van der Waals surface area contributed by atoms with Crippen LogP contribution in [-0.4, -0.2) is 14.5 Å². The molecule has 7 heteroatoms. The maximum absolute atomic E-state index is 12.8. The summed E-state index contributed by atoms with van der Waals surface area (Å²) >= 11 is 4.58. The molecule has 0 bridgehead atoms. The Labute approximate surface area is 198 Å². The smallest absolute Gasteiger partial charge is 0.251 e. The highest BCUT2D eigenvalue weighted by Gasteiger charge is 2.21. The molecule has 2 aromatic heterocycles. The van der Waals surface area contributed by atoms with Gasteiger partial charge in [0, 0.05) is 15.0 Å². The summed E-state index contributed by atoms with van der Waals surface area (Å²) < 4.78 is 10.1. The third kappa shape index (κ3) is 2.82. The number of benzene rings is 3. The lowest BCUT2D eigenvalue weighted by Gasteiger charge is -2.21. The fourth-order valence-corrected chi connectivity index (χ4v) is 6.09. The lowest BCUT2D eigenvalue weighted by Crippen LogP contribution is -2.24. The standard InChI is InChI=1S/C23H13I2N3O2/c24-15-9-16(25)23-22-14(15)5-6-21(29)28(22)10-19-20(11-30-23)27-18-8-13-4-2-1-3-12(13)7-17(18)26-19/h1-9H,10-11H2. The van der Waals surface area contributed by atoms with Crippen molar-refractivity contribution in [3.05, 3.63) is 83.5 Å². The zero-order valence-electron chi connectivity index (χ0n) is 15.5. The molecule has 3 heterocycles. The van der Waals surface area contributed by atoms with Crippen LogP contribution in [-0.2, 0) is 13.2 Å². The van der Waals surface area contributed by atoms with E-state index in [2.05, 4.69) is 75.5 Å². The Kier molecular flexibility index (Phi) is 4.24. The molecule has 0 spiro atoms. The van der Waals surface area contributed by atoms with Gasteiger partial charge in [0.2, 0.25) is 0 Å². The van der Waals surface area contributed by atoms with Crippen LogP contribution in [0.4, 0.5) is 0 Å². The van der Waals surface area contributed by atoms with Crippen LogP contribution in [0.25, 0.3) is 32.7 Å². The molecular formula is C23H13I2N3O2. The summed E-state index contributed by atoms with van der Waals surface area (Å²) in [6.45, 7) is 0.688. The molecule has 0 N–H and O–H groups in total. The van der Waals surface area contributed by atoms with Crippen molar-refractivity contribution < 1.29 is 4.74 Å². The van der Waals surface area contributed by atoms with E-state index in [4.69, 9.17) is 14.7 Å². The summed E-state index contributed by atoms with van der Waals surface area (Å²) in [4.78, 5) is 22.6. The number of pyridine rings is 1. The first-order chi connectivity index (χ1) is 14.6. The van der Waals surface area contributed by atoms with Gasteiger partial charge in [0.1, 0.15) is 12.3 Å². The minimum atomic E-state index is -0.0709. The predicted molar refractivity (Wildman–Crippen MR) is 134 cm³/mol. The fraction of sp³-hybridized carbons (Fsp3) is 0.0870. The number of hydrogen-bond acceptors (Lipinski definition) is 4. The molecule has 146 valence electrons. The Balaban J connectivity index is 1.64. The van der Waals surface area contributed by atoms with Crippen molar-refractivity contribution in [2.24, 2.45) is 0 Å². The second kappa shape index (κ2) is 6.88. The van der Waals surface area contributed by atoms with Crippen molar-refractivity contribution in [2.75, 3.05) is 0 Å². The first-order valence-electron chi connectivity index (χ1n) is 9.41. The summed E-state index contributed by atoms with van der Waals surface area (Å²) in [5, 5.41) is 3.25. The van der Waals surface area contributed by atoms with E-state index in [1.165, 1.54) is 0 Å². The summed E-state index contributed by atoms with van der Waals surface area (Å²) in [7, 11) is 0. The van der Waals surface area contributed by atoms with Gasteiger partial charge in [-0.2, -0.15) is 0 Å². The molecule has 0 fully saturated rings. The largest absolute Gasteiger partial charge is 0.484 e. The normalized spacial score (nSPS) is 13.1. The average molecular weight is 617 g/mol. The molecule has 0 radical (unpaired) electrons. The van der Waals surface area contributed by atoms with E-state index in [1.54, 1.807) is 10.6 Å². The van der Waals surface area contributed by atoms with Crippen molar-refractivity contribution in [1.29, 1.82) is 0 Å². The molecular weight excluding hydrogens is 604 g/mol. The van der Waals surface area contributed by atoms with E-state index in [0.717, 1.165) is 57.0 Å². The molecule has 0 saturated carbocycles. The summed E-state index contributed by atoms with van der Waals surface area (Å²) in [5.74, 6) is 0.731. The Morgan fingerprint density at radius 2 is 1.57 bits per heavy atom. The van der Waals surface area contributed by atoms with Crippen LogP contribution in [0.15, 0.2) is 59.4 Å². The Hall–Kier alpha value is -2.27. The molecule has 30 heavy (non-hydrogen) atoms. The van der Waals surface area contributed by atoms with Gasteiger partial charge in [-0.05, 0) is 80.2 Å². The number of halogens is 2. The zero-order chi connectivity index (χ0) is 20.4. The predicted octanol–water partition coefficient (Wildman–Crippen LogP) is 5.25. The number of aromatic nitrogens is 3. The Morgan fingerprint density at radius 1 is 0.867 bits per heavy atom. The molecule has 0 unspecified atom stereocenters. The maximum atomic E-state index is 12.8. The molecule has 5 nitrogen and oxygen atoms in total. The van der Waals surface area contributed by atoms with Gasteiger partial charge in [0.05, 0.1) is 32.4 Å². The van der Waals surface area contributed by atoms with E-state index >= 15 is 0 Å². The molecule has 0 amide bonds. The second-order valence-corrected chi connectivity index (χ2v) is 9.61. The summed E-state index contributed by atoms with van der Waals surface area (Å²) in [6.07, 6.45) is 0. The summed E-state index contributed by atoms with van der Waals surface area (Å²) in [6, 6.07) is 17.9. The topological polar surface area (TPSA) is 57.0 Å². The third-order valence-electron chi connectivity index (χ3n) is 5.47. The second-order valence-electron chi connectivity index (χ2n) is 7.28. The number of rotatable bonds is 0. The average Bonchev–Trinajstić information content (AvgIpc) is 2.72. The fourth-order valence-electron chi connectivity index (χ4n) is 4.03.